The number of hydrazine groups is 1. The quantitative estimate of drug-likeness (QED) is 0.331. The summed E-state index contributed by atoms with van der Waals surface area (Å²) in [6.07, 6.45) is -4.33. The van der Waals surface area contributed by atoms with Crippen molar-refractivity contribution in [1.29, 1.82) is 0 Å². The van der Waals surface area contributed by atoms with Gasteiger partial charge in [-0.15, -0.1) is 0 Å². The van der Waals surface area contributed by atoms with Gasteiger partial charge in [0, 0.05) is 16.9 Å². The Bertz CT molecular complexity index is 600. The molecule has 0 spiro atoms. The van der Waals surface area contributed by atoms with Crippen molar-refractivity contribution in [3.8, 4) is 0 Å². The molecule has 4 N–H and O–H groups in total. The molecule has 7 heteroatoms. The first-order valence-corrected chi connectivity index (χ1v) is 6.54. The second-order valence-corrected chi connectivity index (χ2v) is 4.55. The summed E-state index contributed by atoms with van der Waals surface area (Å²) in [5.74, 6) is 5.12. The Balaban J connectivity index is 2.10. The van der Waals surface area contributed by atoms with Crippen molar-refractivity contribution in [1.82, 2.24) is 5.43 Å². The number of nitrogens with one attached hydrogen (secondary N) is 2. The lowest BCUT2D eigenvalue weighted by atomic mass is 10.1. The minimum Gasteiger partial charge on any atom is -0.360 e. The molecule has 0 aliphatic rings. The van der Waals surface area contributed by atoms with Crippen LogP contribution in [0.3, 0.4) is 0 Å². The van der Waals surface area contributed by atoms with Crippen LogP contribution < -0.4 is 16.6 Å². The Morgan fingerprint density at radius 1 is 1.00 bits per heavy atom. The summed E-state index contributed by atoms with van der Waals surface area (Å²) in [6.45, 7) is 0.530. The van der Waals surface area contributed by atoms with Gasteiger partial charge >= 0.3 is 6.18 Å². The summed E-state index contributed by atoms with van der Waals surface area (Å²) in [5, 5.41) is 3.08. The van der Waals surface area contributed by atoms with Gasteiger partial charge in [-0.05, 0) is 30.3 Å². The fourth-order valence-electron chi connectivity index (χ4n) is 1.89. The summed E-state index contributed by atoms with van der Waals surface area (Å²) < 4.78 is 42.9. The van der Waals surface area contributed by atoms with Crippen molar-refractivity contribution in [2.24, 2.45) is 5.84 Å². The molecule has 0 bridgehead atoms. The molecule has 4 nitrogen and oxygen atoms in total. The van der Waals surface area contributed by atoms with Crippen LogP contribution in [0.25, 0.3) is 0 Å². The van der Waals surface area contributed by atoms with Gasteiger partial charge < -0.3 is 10.1 Å². The van der Waals surface area contributed by atoms with Crippen molar-refractivity contribution < 1.29 is 17.9 Å². The highest BCUT2D eigenvalue weighted by molar-refractivity contribution is 5.63. The molecule has 0 saturated heterocycles. The number of hydrogen-bond donors (Lipinski definition) is 3. The fourth-order valence-corrected chi connectivity index (χ4v) is 1.89. The van der Waals surface area contributed by atoms with Crippen LogP contribution in [-0.4, -0.2) is 6.73 Å². The average Bonchev–Trinajstić information content (AvgIpc) is 2.49. The summed E-state index contributed by atoms with van der Waals surface area (Å²) in [6, 6.07) is 12.2. The van der Waals surface area contributed by atoms with Crippen LogP contribution in [0, 0.1) is 0 Å². The molecule has 2 aromatic carbocycles. The lowest BCUT2D eigenvalue weighted by Crippen LogP contribution is -2.24. The largest absolute Gasteiger partial charge is 0.416 e. The lowest BCUT2D eigenvalue weighted by molar-refractivity contribution is -0.137. The van der Waals surface area contributed by atoms with E-state index in [-0.39, 0.29) is 6.73 Å². The number of benzene rings is 2. The zero-order valence-corrected chi connectivity index (χ0v) is 11.7. The van der Waals surface area contributed by atoms with Gasteiger partial charge in [0.25, 0.3) is 0 Å². The van der Waals surface area contributed by atoms with Crippen LogP contribution >= 0.6 is 0 Å². The van der Waals surface area contributed by atoms with Gasteiger partial charge in [0.2, 0.25) is 0 Å². The van der Waals surface area contributed by atoms with Crippen molar-refractivity contribution in [3.63, 3.8) is 0 Å². The molecule has 0 aliphatic carbocycles. The van der Waals surface area contributed by atoms with Gasteiger partial charge in [-0.25, -0.2) is 5.43 Å². The Morgan fingerprint density at radius 3 is 2.32 bits per heavy atom. The molecule has 0 saturated carbocycles. The highest BCUT2D eigenvalue weighted by atomic mass is 19.4. The van der Waals surface area contributed by atoms with Crippen molar-refractivity contribution in [3.05, 3.63) is 59.7 Å². The average molecular weight is 311 g/mol. The maximum absolute atomic E-state index is 12.5. The standard InChI is InChI=1S/C15H16F3N3O/c16-15(17,18)12-5-7-13(8-6-12)21-14-4-2-1-3-11(14)9-22-10-20-19/h1-8,20-21H,9-10,19H2. The fraction of sp³-hybridized carbons (Fsp3) is 0.200. The summed E-state index contributed by atoms with van der Waals surface area (Å²) in [7, 11) is 0. The third kappa shape index (κ3) is 4.45. The van der Waals surface area contributed by atoms with E-state index in [0.29, 0.717) is 12.3 Å². The van der Waals surface area contributed by atoms with Gasteiger partial charge in [0.1, 0.15) is 6.73 Å². The monoisotopic (exact) mass is 311 g/mol. The SMILES string of the molecule is NNCOCc1ccccc1Nc1ccc(C(F)(F)F)cc1. The lowest BCUT2D eigenvalue weighted by Gasteiger charge is -2.13. The summed E-state index contributed by atoms with van der Waals surface area (Å²) in [5.41, 5.74) is 3.90. The van der Waals surface area contributed by atoms with Crippen molar-refractivity contribution in [2.45, 2.75) is 12.8 Å². The van der Waals surface area contributed by atoms with E-state index in [4.69, 9.17) is 10.6 Å². The normalized spacial score (nSPS) is 11.5. The Morgan fingerprint density at radius 2 is 1.68 bits per heavy atom. The third-order valence-corrected chi connectivity index (χ3v) is 2.95. The molecule has 2 aromatic rings. The van der Waals surface area contributed by atoms with E-state index in [0.717, 1.165) is 23.4 Å². The van der Waals surface area contributed by atoms with Gasteiger partial charge in [0.15, 0.2) is 0 Å². The summed E-state index contributed by atoms with van der Waals surface area (Å²) >= 11 is 0. The van der Waals surface area contributed by atoms with Crippen molar-refractivity contribution in [2.75, 3.05) is 12.0 Å². The highest BCUT2D eigenvalue weighted by Gasteiger charge is 2.29. The summed E-state index contributed by atoms with van der Waals surface area (Å²) in [4.78, 5) is 0. The molecular formula is C15H16F3N3O. The molecule has 22 heavy (non-hydrogen) atoms. The van der Waals surface area contributed by atoms with E-state index in [2.05, 4.69) is 10.7 Å². The molecule has 2 rings (SSSR count). The highest BCUT2D eigenvalue weighted by Crippen LogP contribution is 2.30. The Hall–Kier alpha value is -2.09. The van der Waals surface area contributed by atoms with E-state index in [9.17, 15) is 13.2 Å². The molecule has 0 amide bonds. The minimum atomic E-state index is -4.33. The number of nitrogens with two attached hydrogens (primary N) is 1. The Labute approximate surface area is 126 Å². The number of alkyl halides is 3. The first-order chi connectivity index (χ1) is 10.5. The van der Waals surface area contributed by atoms with Crippen LogP contribution in [0.2, 0.25) is 0 Å². The van der Waals surface area contributed by atoms with Gasteiger partial charge in [-0.3, -0.25) is 5.84 Å². The third-order valence-electron chi connectivity index (χ3n) is 2.95. The molecule has 0 aliphatic heterocycles. The zero-order valence-electron chi connectivity index (χ0n) is 11.7. The maximum atomic E-state index is 12.5. The van der Waals surface area contributed by atoms with Gasteiger partial charge in [0.05, 0.1) is 12.2 Å². The smallest absolute Gasteiger partial charge is 0.360 e. The predicted octanol–water partition coefficient (Wildman–Crippen LogP) is 3.39. The van der Waals surface area contributed by atoms with E-state index in [1.54, 1.807) is 0 Å². The first kappa shape index (κ1) is 16.3. The Kier molecular flexibility index (Phi) is 5.37. The molecule has 0 heterocycles. The molecule has 0 fully saturated rings. The van der Waals surface area contributed by atoms with Crippen LogP contribution in [-0.2, 0) is 17.5 Å². The predicted molar refractivity (Wildman–Crippen MR) is 78.1 cm³/mol. The zero-order chi connectivity index (χ0) is 16.0. The van der Waals surface area contributed by atoms with Crippen LogP contribution in [0.5, 0.6) is 0 Å². The number of halogens is 3. The number of hydrogen-bond acceptors (Lipinski definition) is 4. The van der Waals surface area contributed by atoms with Crippen LogP contribution in [0.15, 0.2) is 48.5 Å². The minimum absolute atomic E-state index is 0.203. The topological polar surface area (TPSA) is 59.3 Å². The van der Waals surface area contributed by atoms with E-state index in [1.165, 1.54) is 12.1 Å². The van der Waals surface area contributed by atoms with E-state index in [1.807, 2.05) is 24.3 Å². The van der Waals surface area contributed by atoms with Crippen molar-refractivity contribution >= 4 is 11.4 Å². The van der Waals surface area contributed by atoms with E-state index < -0.39 is 11.7 Å². The number of ether oxygens (including phenoxy) is 1. The van der Waals surface area contributed by atoms with Crippen LogP contribution in [0.1, 0.15) is 11.1 Å². The second kappa shape index (κ2) is 7.26. The molecule has 0 aromatic heterocycles. The van der Waals surface area contributed by atoms with Gasteiger partial charge in [-0.2, -0.15) is 13.2 Å². The van der Waals surface area contributed by atoms with Gasteiger partial charge in [-0.1, -0.05) is 18.2 Å². The number of rotatable bonds is 6. The number of para-hydroxylation sites is 1. The molecule has 118 valence electrons. The molecule has 0 radical (unpaired) electrons. The molecular weight excluding hydrogens is 295 g/mol. The second-order valence-electron chi connectivity index (χ2n) is 4.55. The number of anilines is 2. The molecule has 0 unspecified atom stereocenters. The first-order valence-electron chi connectivity index (χ1n) is 6.54. The van der Waals surface area contributed by atoms with E-state index >= 15 is 0 Å². The maximum Gasteiger partial charge on any atom is 0.416 e. The van der Waals surface area contributed by atoms with Crippen LogP contribution in [0.4, 0.5) is 24.5 Å². The molecule has 0 atom stereocenters.